The Morgan fingerprint density at radius 1 is 1.28 bits per heavy atom. The van der Waals surface area contributed by atoms with Gasteiger partial charge in [-0.25, -0.2) is 0 Å². The van der Waals surface area contributed by atoms with Crippen LogP contribution in [0.5, 0.6) is 0 Å². The first kappa shape index (κ1) is 12.7. The van der Waals surface area contributed by atoms with E-state index in [4.69, 9.17) is 10.2 Å². The number of furan rings is 1. The first-order valence-electron chi connectivity index (χ1n) is 5.88. The van der Waals surface area contributed by atoms with E-state index in [0.717, 1.165) is 17.7 Å². The van der Waals surface area contributed by atoms with Crippen molar-refractivity contribution in [3.05, 3.63) is 54.0 Å². The largest absolute Gasteiger partial charge is 0.472 e. The number of likely N-dealkylation sites (N-methyl/N-ethyl adjacent to an activating group) is 1. The molecule has 0 spiro atoms. The van der Waals surface area contributed by atoms with Gasteiger partial charge in [0.15, 0.2) is 0 Å². The highest BCUT2D eigenvalue weighted by Crippen LogP contribution is 2.16. The Labute approximate surface area is 107 Å². The van der Waals surface area contributed by atoms with Gasteiger partial charge in [0.1, 0.15) is 0 Å². The Bertz CT molecular complexity index is 465. The van der Waals surface area contributed by atoms with Gasteiger partial charge in [0.25, 0.3) is 0 Å². The summed E-state index contributed by atoms with van der Waals surface area (Å²) in [6.07, 6.45) is 2.86. The molecule has 18 heavy (non-hydrogen) atoms. The van der Waals surface area contributed by atoms with Gasteiger partial charge >= 0.3 is 0 Å². The number of hydrogen-bond donors (Lipinski definition) is 2. The van der Waals surface area contributed by atoms with Crippen molar-refractivity contribution in [3.8, 4) is 0 Å². The summed E-state index contributed by atoms with van der Waals surface area (Å²) < 4.78 is 5.02. The molecule has 4 nitrogen and oxygen atoms in total. The van der Waals surface area contributed by atoms with E-state index in [0.29, 0.717) is 12.2 Å². The van der Waals surface area contributed by atoms with Crippen LogP contribution in [0.1, 0.15) is 17.2 Å². The number of aliphatic hydroxyl groups excluding tert-OH is 1. The van der Waals surface area contributed by atoms with Crippen molar-refractivity contribution in [2.24, 2.45) is 0 Å². The lowest BCUT2D eigenvalue weighted by atomic mass is 10.1. The number of benzene rings is 1. The topological polar surface area (TPSA) is 62.6 Å². The third kappa shape index (κ3) is 3.35. The molecular weight excluding hydrogens is 228 g/mol. The molecule has 2 aromatic rings. The molecule has 1 atom stereocenters. The maximum Gasteiger partial charge on any atom is 0.0947 e. The fourth-order valence-corrected chi connectivity index (χ4v) is 1.88. The molecule has 1 aromatic carbocycles. The van der Waals surface area contributed by atoms with Crippen molar-refractivity contribution in [2.75, 3.05) is 19.3 Å². The number of nitrogens with zero attached hydrogens (tertiary/aromatic N) is 1. The van der Waals surface area contributed by atoms with Crippen LogP contribution >= 0.6 is 0 Å². The molecule has 0 amide bonds. The summed E-state index contributed by atoms with van der Waals surface area (Å²) in [7, 11) is 1.97. The summed E-state index contributed by atoms with van der Waals surface area (Å²) in [5.74, 6) is 0. The number of anilines is 1. The number of nitrogens with two attached hydrogens (primary N) is 1. The highest BCUT2D eigenvalue weighted by Gasteiger charge is 2.11. The molecular formula is C14H18N2O2. The summed E-state index contributed by atoms with van der Waals surface area (Å²) in [6.45, 7) is 1.32. The monoisotopic (exact) mass is 246 g/mol. The second kappa shape index (κ2) is 5.71. The number of nitrogen functional groups attached to an aromatic ring is 1. The van der Waals surface area contributed by atoms with E-state index in [1.54, 1.807) is 24.7 Å². The highest BCUT2D eigenvalue weighted by molar-refractivity contribution is 5.39. The van der Waals surface area contributed by atoms with Gasteiger partial charge in [-0.2, -0.15) is 0 Å². The number of hydrogen-bond acceptors (Lipinski definition) is 4. The Morgan fingerprint density at radius 3 is 2.61 bits per heavy atom. The molecule has 0 saturated heterocycles. The van der Waals surface area contributed by atoms with E-state index in [1.165, 1.54) is 0 Å². The summed E-state index contributed by atoms with van der Waals surface area (Å²) in [4.78, 5) is 2.05. The highest BCUT2D eigenvalue weighted by atomic mass is 16.3. The first-order valence-corrected chi connectivity index (χ1v) is 5.88. The van der Waals surface area contributed by atoms with Crippen LogP contribution in [-0.4, -0.2) is 23.6 Å². The Kier molecular flexibility index (Phi) is 4.02. The third-order valence-electron chi connectivity index (χ3n) is 2.84. The molecule has 2 rings (SSSR count). The van der Waals surface area contributed by atoms with Crippen LogP contribution in [0.25, 0.3) is 0 Å². The molecule has 4 heteroatoms. The predicted octanol–water partition coefficient (Wildman–Crippen LogP) is 2.03. The van der Waals surface area contributed by atoms with Crippen LogP contribution in [-0.2, 0) is 6.54 Å². The van der Waals surface area contributed by atoms with E-state index in [9.17, 15) is 5.11 Å². The molecule has 0 radical (unpaired) electrons. The Hall–Kier alpha value is -1.78. The molecule has 0 aliphatic heterocycles. The van der Waals surface area contributed by atoms with Crippen LogP contribution < -0.4 is 5.73 Å². The maximum atomic E-state index is 10.1. The zero-order valence-corrected chi connectivity index (χ0v) is 10.4. The van der Waals surface area contributed by atoms with Crippen molar-refractivity contribution in [2.45, 2.75) is 12.6 Å². The van der Waals surface area contributed by atoms with Crippen LogP contribution in [0.4, 0.5) is 5.69 Å². The van der Waals surface area contributed by atoms with E-state index in [-0.39, 0.29) is 0 Å². The van der Waals surface area contributed by atoms with Gasteiger partial charge in [-0.15, -0.1) is 0 Å². The summed E-state index contributed by atoms with van der Waals surface area (Å²) >= 11 is 0. The fraction of sp³-hybridized carbons (Fsp3) is 0.286. The lowest BCUT2D eigenvalue weighted by molar-refractivity contribution is 0.123. The van der Waals surface area contributed by atoms with Crippen molar-refractivity contribution in [3.63, 3.8) is 0 Å². The third-order valence-corrected chi connectivity index (χ3v) is 2.84. The molecule has 1 unspecified atom stereocenters. The van der Waals surface area contributed by atoms with Crippen molar-refractivity contribution < 1.29 is 9.52 Å². The van der Waals surface area contributed by atoms with Gasteiger partial charge in [-0.1, -0.05) is 12.1 Å². The van der Waals surface area contributed by atoms with E-state index in [2.05, 4.69) is 0 Å². The minimum Gasteiger partial charge on any atom is -0.472 e. The van der Waals surface area contributed by atoms with Crippen LogP contribution in [0, 0.1) is 0 Å². The minimum absolute atomic E-state index is 0.512. The Morgan fingerprint density at radius 2 is 2.00 bits per heavy atom. The average molecular weight is 246 g/mol. The standard InChI is InChI=1S/C14H18N2O2/c1-16(8-11-6-7-18-10-11)9-14(17)12-2-4-13(15)5-3-12/h2-7,10,14,17H,8-9,15H2,1H3. The van der Waals surface area contributed by atoms with E-state index >= 15 is 0 Å². The lowest BCUT2D eigenvalue weighted by Gasteiger charge is -2.20. The lowest BCUT2D eigenvalue weighted by Crippen LogP contribution is -2.24. The SMILES string of the molecule is CN(Cc1ccoc1)CC(O)c1ccc(N)cc1. The molecule has 0 aliphatic rings. The molecule has 0 aliphatic carbocycles. The quantitative estimate of drug-likeness (QED) is 0.792. The normalized spacial score (nSPS) is 12.8. The Balaban J connectivity index is 1.90. The van der Waals surface area contributed by atoms with Gasteiger partial charge in [0.05, 0.1) is 18.6 Å². The van der Waals surface area contributed by atoms with E-state index in [1.807, 2.05) is 30.1 Å². The minimum atomic E-state index is -0.512. The zero-order valence-electron chi connectivity index (χ0n) is 10.4. The smallest absolute Gasteiger partial charge is 0.0947 e. The van der Waals surface area contributed by atoms with Gasteiger partial charge in [0, 0.05) is 24.3 Å². The summed E-state index contributed by atoms with van der Waals surface area (Å²) in [5.41, 5.74) is 8.30. The molecule has 3 N–H and O–H groups in total. The zero-order chi connectivity index (χ0) is 13.0. The summed E-state index contributed by atoms with van der Waals surface area (Å²) in [6, 6.07) is 9.23. The van der Waals surface area contributed by atoms with Crippen LogP contribution in [0.3, 0.4) is 0 Å². The molecule has 0 bridgehead atoms. The summed E-state index contributed by atoms with van der Waals surface area (Å²) in [5, 5.41) is 10.1. The van der Waals surface area contributed by atoms with Crippen molar-refractivity contribution in [1.82, 2.24) is 4.90 Å². The van der Waals surface area contributed by atoms with Gasteiger partial charge in [-0.3, -0.25) is 4.90 Å². The molecule has 96 valence electrons. The second-order valence-corrected chi connectivity index (χ2v) is 4.51. The predicted molar refractivity (Wildman–Crippen MR) is 70.9 cm³/mol. The van der Waals surface area contributed by atoms with Gasteiger partial charge < -0.3 is 15.3 Å². The van der Waals surface area contributed by atoms with Gasteiger partial charge in [0.2, 0.25) is 0 Å². The maximum absolute atomic E-state index is 10.1. The van der Waals surface area contributed by atoms with Crippen LogP contribution in [0.15, 0.2) is 47.3 Å². The van der Waals surface area contributed by atoms with E-state index < -0.39 is 6.10 Å². The van der Waals surface area contributed by atoms with Crippen molar-refractivity contribution >= 4 is 5.69 Å². The van der Waals surface area contributed by atoms with Crippen molar-refractivity contribution in [1.29, 1.82) is 0 Å². The molecule has 1 aromatic heterocycles. The number of rotatable bonds is 5. The second-order valence-electron chi connectivity index (χ2n) is 4.51. The average Bonchev–Trinajstić information content (AvgIpc) is 2.82. The fourth-order valence-electron chi connectivity index (χ4n) is 1.88. The molecule has 1 heterocycles. The van der Waals surface area contributed by atoms with Crippen LogP contribution in [0.2, 0.25) is 0 Å². The molecule has 0 fully saturated rings. The van der Waals surface area contributed by atoms with Gasteiger partial charge in [-0.05, 0) is 30.8 Å². The first-order chi connectivity index (χ1) is 8.65. The molecule has 0 saturated carbocycles. The number of aliphatic hydroxyl groups is 1.